The molecule has 0 bridgehead atoms. The Balaban J connectivity index is 2.70. The summed E-state index contributed by atoms with van der Waals surface area (Å²) < 4.78 is 22.7. The molecule has 0 radical (unpaired) electrons. The lowest BCUT2D eigenvalue weighted by atomic mass is 10.2. The molecule has 0 aromatic heterocycles. The standard InChI is InChI=1S/C7H14O4S/c1-3-7-6(11-10-2)4-5-12(7,8)9/h6-7H,3-5H2,1-2H3. The average molecular weight is 194 g/mol. The van der Waals surface area contributed by atoms with Crippen LogP contribution in [0.3, 0.4) is 0 Å². The van der Waals surface area contributed by atoms with Crippen molar-refractivity contribution in [1.29, 1.82) is 0 Å². The van der Waals surface area contributed by atoms with Gasteiger partial charge in [-0.05, 0) is 12.8 Å². The van der Waals surface area contributed by atoms with Crippen LogP contribution in [0.2, 0.25) is 0 Å². The van der Waals surface area contributed by atoms with Gasteiger partial charge in [0.05, 0.1) is 18.1 Å². The van der Waals surface area contributed by atoms with Crippen molar-refractivity contribution < 1.29 is 18.2 Å². The molecule has 2 unspecified atom stereocenters. The number of hydrogen-bond acceptors (Lipinski definition) is 4. The van der Waals surface area contributed by atoms with Gasteiger partial charge in [-0.15, -0.1) is 0 Å². The molecule has 0 aliphatic carbocycles. The molecule has 4 nitrogen and oxygen atoms in total. The van der Waals surface area contributed by atoms with Crippen molar-refractivity contribution in [2.24, 2.45) is 0 Å². The van der Waals surface area contributed by atoms with Gasteiger partial charge in [0.2, 0.25) is 0 Å². The molecule has 2 atom stereocenters. The Bertz CT molecular complexity index is 234. The molecule has 0 saturated carbocycles. The minimum absolute atomic E-state index is 0.222. The van der Waals surface area contributed by atoms with E-state index in [-0.39, 0.29) is 17.1 Å². The highest BCUT2D eigenvalue weighted by Gasteiger charge is 2.40. The van der Waals surface area contributed by atoms with Crippen LogP contribution in [0.15, 0.2) is 0 Å². The smallest absolute Gasteiger partial charge is 0.155 e. The molecule has 0 amide bonds. The van der Waals surface area contributed by atoms with Crippen LogP contribution in [-0.4, -0.2) is 32.6 Å². The Hall–Kier alpha value is -0.130. The summed E-state index contributed by atoms with van der Waals surface area (Å²) >= 11 is 0. The summed E-state index contributed by atoms with van der Waals surface area (Å²) in [6, 6.07) is 0. The molecule has 12 heavy (non-hydrogen) atoms. The first-order valence-electron chi connectivity index (χ1n) is 4.03. The van der Waals surface area contributed by atoms with Crippen LogP contribution in [-0.2, 0) is 19.6 Å². The molecule has 1 heterocycles. The number of sulfone groups is 1. The summed E-state index contributed by atoms with van der Waals surface area (Å²) in [7, 11) is -1.51. The summed E-state index contributed by atoms with van der Waals surface area (Å²) in [5.41, 5.74) is 0. The van der Waals surface area contributed by atoms with Crippen LogP contribution in [0.5, 0.6) is 0 Å². The van der Waals surface area contributed by atoms with Gasteiger partial charge in [0.25, 0.3) is 0 Å². The third-order valence-electron chi connectivity index (χ3n) is 2.19. The van der Waals surface area contributed by atoms with E-state index in [2.05, 4.69) is 4.89 Å². The summed E-state index contributed by atoms with van der Waals surface area (Å²) in [5.74, 6) is 0.222. The van der Waals surface area contributed by atoms with E-state index < -0.39 is 9.84 Å². The van der Waals surface area contributed by atoms with Gasteiger partial charge in [-0.3, -0.25) is 0 Å². The number of rotatable bonds is 3. The van der Waals surface area contributed by atoms with Crippen molar-refractivity contribution in [2.75, 3.05) is 12.9 Å². The predicted molar refractivity (Wildman–Crippen MR) is 44.4 cm³/mol. The second-order valence-corrected chi connectivity index (χ2v) is 5.24. The molecule has 0 aromatic rings. The van der Waals surface area contributed by atoms with Crippen molar-refractivity contribution in [2.45, 2.75) is 31.1 Å². The van der Waals surface area contributed by atoms with E-state index in [1.807, 2.05) is 6.92 Å². The van der Waals surface area contributed by atoms with Crippen LogP contribution in [0.4, 0.5) is 0 Å². The van der Waals surface area contributed by atoms with Crippen molar-refractivity contribution in [3.8, 4) is 0 Å². The molecule has 1 aliphatic rings. The van der Waals surface area contributed by atoms with Gasteiger partial charge in [0.1, 0.15) is 6.10 Å². The van der Waals surface area contributed by atoms with Crippen LogP contribution in [0.1, 0.15) is 19.8 Å². The maximum atomic E-state index is 11.3. The van der Waals surface area contributed by atoms with Gasteiger partial charge in [0.15, 0.2) is 9.84 Å². The topological polar surface area (TPSA) is 52.6 Å². The zero-order chi connectivity index (χ0) is 9.19. The van der Waals surface area contributed by atoms with Crippen LogP contribution in [0, 0.1) is 0 Å². The molecule has 1 saturated heterocycles. The first kappa shape index (κ1) is 9.95. The van der Waals surface area contributed by atoms with E-state index in [1.165, 1.54) is 7.11 Å². The average Bonchev–Trinajstić information content (AvgIpc) is 2.27. The van der Waals surface area contributed by atoms with Gasteiger partial charge in [-0.1, -0.05) is 6.92 Å². The van der Waals surface area contributed by atoms with Gasteiger partial charge < -0.3 is 0 Å². The highest BCUT2D eigenvalue weighted by molar-refractivity contribution is 7.92. The predicted octanol–water partition coefficient (Wildman–Crippen LogP) is 0.530. The first-order chi connectivity index (χ1) is 5.61. The minimum Gasteiger partial charge on any atom is -0.240 e. The van der Waals surface area contributed by atoms with Crippen LogP contribution >= 0.6 is 0 Å². The van der Waals surface area contributed by atoms with E-state index in [4.69, 9.17) is 4.89 Å². The Morgan fingerprint density at radius 3 is 2.67 bits per heavy atom. The SMILES string of the molecule is CCC1C(OOC)CCS1(=O)=O. The molecule has 72 valence electrons. The Morgan fingerprint density at radius 1 is 1.50 bits per heavy atom. The van der Waals surface area contributed by atoms with Crippen molar-refractivity contribution in [1.82, 2.24) is 0 Å². The third kappa shape index (κ3) is 1.78. The molecule has 0 N–H and O–H groups in total. The monoisotopic (exact) mass is 194 g/mol. The van der Waals surface area contributed by atoms with Crippen molar-refractivity contribution in [3.05, 3.63) is 0 Å². The Labute approximate surface area is 72.7 Å². The zero-order valence-electron chi connectivity index (χ0n) is 7.32. The van der Waals surface area contributed by atoms with E-state index in [1.54, 1.807) is 0 Å². The second kappa shape index (κ2) is 3.72. The van der Waals surface area contributed by atoms with Crippen molar-refractivity contribution >= 4 is 9.84 Å². The fraction of sp³-hybridized carbons (Fsp3) is 1.00. The van der Waals surface area contributed by atoms with E-state index >= 15 is 0 Å². The lowest BCUT2D eigenvalue weighted by Gasteiger charge is -2.14. The largest absolute Gasteiger partial charge is 0.240 e. The fourth-order valence-electron chi connectivity index (χ4n) is 1.60. The first-order valence-corrected chi connectivity index (χ1v) is 5.74. The fourth-order valence-corrected chi connectivity index (χ4v) is 3.61. The van der Waals surface area contributed by atoms with Gasteiger partial charge >= 0.3 is 0 Å². The van der Waals surface area contributed by atoms with Crippen LogP contribution < -0.4 is 0 Å². The highest BCUT2D eigenvalue weighted by atomic mass is 32.2. The Kier molecular flexibility index (Phi) is 3.09. The normalized spacial score (nSPS) is 33.8. The van der Waals surface area contributed by atoms with Gasteiger partial charge in [-0.2, -0.15) is 0 Å². The van der Waals surface area contributed by atoms with Crippen molar-refractivity contribution in [3.63, 3.8) is 0 Å². The summed E-state index contributed by atoms with van der Waals surface area (Å²) in [6.07, 6.45) is 0.871. The maximum Gasteiger partial charge on any atom is 0.155 e. The molecule has 5 heteroatoms. The highest BCUT2D eigenvalue weighted by Crippen LogP contribution is 2.25. The minimum atomic E-state index is -2.91. The van der Waals surface area contributed by atoms with E-state index in [0.717, 1.165) is 0 Å². The summed E-state index contributed by atoms with van der Waals surface area (Å²) in [4.78, 5) is 9.35. The molecule has 0 spiro atoms. The molecule has 1 fully saturated rings. The van der Waals surface area contributed by atoms with E-state index in [9.17, 15) is 8.42 Å². The lowest BCUT2D eigenvalue weighted by Crippen LogP contribution is -2.27. The maximum absolute atomic E-state index is 11.3. The summed E-state index contributed by atoms with van der Waals surface area (Å²) in [6.45, 7) is 1.85. The van der Waals surface area contributed by atoms with Gasteiger partial charge in [0, 0.05) is 0 Å². The Morgan fingerprint density at radius 2 is 2.17 bits per heavy atom. The quantitative estimate of drug-likeness (QED) is 0.486. The molecular weight excluding hydrogens is 180 g/mol. The lowest BCUT2D eigenvalue weighted by molar-refractivity contribution is -0.303. The molecule has 1 rings (SSSR count). The van der Waals surface area contributed by atoms with Gasteiger partial charge in [-0.25, -0.2) is 18.2 Å². The van der Waals surface area contributed by atoms with E-state index in [0.29, 0.717) is 12.8 Å². The second-order valence-electron chi connectivity index (χ2n) is 2.90. The molecule has 1 aliphatic heterocycles. The summed E-state index contributed by atoms with van der Waals surface area (Å²) in [5, 5.41) is -0.377. The third-order valence-corrected chi connectivity index (χ3v) is 4.55. The molecular formula is C7H14O4S. The number of hydrogen-bond donors (Lipinski definition) is 0. The molecule has 0 aromatic carbocycles. The van der Waals surface area contributed by atoms with Crippen LogP contribution in [0.25, 0.3) is 0 Å². The zero-order valence-corrected chi connectivity index (χ0v) is 8.13.